The minimum Gasteiger partial charge on any atom is -0.493 e. The minimum absolute atomic E-state index is 0.0239. The zero-order chi connectivity index (χ0) is 25.2. The van der Waals surface area contributed by atoms with Gasteiger partial charge in [-0.15, -0.1) is 0 Å². The number of unbranched alkanes of at least 4 members (excludes halogenated alkanes) is 4. The second-order valence-electron chi connectivity index (χ2n) is 11.5. The van der Waals surface area contributed by atoms with Crippen molar-refractivity contribution in [2.24, 2.45) is 0 Å². The van der Waals surface area contributed by atoms with Crippen molar-refractivity contribution in [3.8, 4) is 5.75 Å². The van der Waals surface area contributed by atoms with E-state index < -0.39 is 5.97 Å². The van der Waals surface area contributed by atoms with Crippen LogP contribution in [0.2, 0.25) is 0 Å². The second-order valence-corrected chi connectivity index (χ2v) is 11.5. The topological polar surface area (TPSA) is 46.5 Å². The van der Waals surface area contributed by atoms with Crippen molar-refractivity contribution in [1.82, 2.24) is 0 Å². The molecule has 1 aromatic rings. The van der Waals surface area contributed by atoms with Crippen LogP contribution in [0.25, 0.3) is 0 Å². The van der Waals surface area contributed by atoms with Gasteiger partial charge in [0.05, 0.1) is 6.61 Å². The van der Waals surface area contributed by atoms with Gasteiger partial charge < -0.3 is 9.84 Å². The number of hydrogen-bond donors (Lipinski definition) is 1. The lowest BCUT2D eigenvalue weighted by Gasteiger charge is -2.31. The number of carboxylic acid groups (broad SMARTS) is 1. The van der Waals surface area contributed by atoms with Gasteiger partial charge in [-0.1, -0.05) is 105 Å². The second kappa shape index (κ2) is 13.0. The molecule has 0 saturated heterocycles. The van der Waals surface area contributed by atoms with Crippen LogP contribution >= 0.6 is 0 Å². The normalized spacial score (nSPS) is 14.0. The molecule has 0 aliphatic heterocycles. The summed E-state index contributed by atoms with van der Waals surface area (Å²) in [7, 11) is 0. The number of carbonyl (C=O) groups is 1. The summed E-state index contributed by atoms with van der Waals surface area (Å²) in [5, 5.41) is 8.94. The van der Waals surface area contributed by atoms with Gasteiger partial charge in [0.25, 0.3) is 0 Å². The molecule has 186 valence electrons. The molecule has 1 aromatic carbocycles. The molecule has 0 heterocycles. The molecule has 1 atom stereocenters. The maximum absolute atomic E-state index is 10.9. The summed E-state index contributed by atoms with van der Waals surface area (Å²) < 4.78 is 6.53. The Balaban J connectivity index is 3.31. The highest BCUT2D eigenvalue weighted by atomic mass is 16.5. The number of carboxylic acids is 1. The standard InChI is InChI=1S/C30H48O3/c1-10-11-12-13-14-18-33-28-25(23(3)17-15-16-22(2)19-27(31)32)20-24(29(4,5)6)21-26(28)30(7,8)9/h15-16,19-21,23H,10-14,17-18H2,1-9H3,(H,31,32)/b16-15+,22-19+. The SMILES string of the molecule is CCCCCCCOc1c(C(C)C/C=C/C(C)=C/C(=O)O)cc(C(C)(C)C)cc1C(C)(C)C. The summed E-state index contributed by atoms with van der Waals surface area (Å²) in [5.41, 5.74) is 4.63. The molecule has 0 radical (unpaired) electrons. The fourth-order valence-electron chi connectivity index (χ4n) is 3.88. The van der Waals surface area contributed by atoms with Gasteiger partial charge in [0.2, 0.25) is 0 Å². The Bertz CT molecular complexity index is 816. The molecule has 0 fully saturated rings. The zero-order valence-corrected chi connectivity index (χ0v) is 22.7. The van der Waals surface area contributed by atoms with Crippen LogP contribution in [0.15, 0.2) is 35.9 Å². The van der Waals surface area contributed by atoms with Crippen LogP contribution in [0.5, 0.6) is 5.75 Å². The van der Waals surface area contributed by atoms with Crippen molar-refractivity contribution in [2.45, 2.75) is 118 Å². The van der Waals surface area contributed by atoms with Crippen LogP contribution < -0.4 is 4.74 Å². The number of hydrogen-bond acceptors (Lipinski definition) is 2. The van der Waals surface area contributed by atoms with Crippen molar-refractivity contribution in [3.63, 3.8) is 0 Å². The quantitative estimate of drug-likeness (QED) is 0.194. The highest BCUT2D eigenvalue weighted by molar-refractivity contribution is 5.81. The first kappa shape index (κ1) is 29.0. The average Bonchev–Trinajstić information content (AvgIpc) is 2.68. The highest BCUT2D eigenvalue weighted by Gasteiger charge is 2.27. The molecular weight excluding hydrogens is 408 g/mol. The summed E-state index contributed by atoms with van der Waals surface area (Å²) in [6, 6.07) is 4.68. The van der Waals surface area contributed by atoms with Crippen LogP contribution in [0, 0.1) is 0 Å². The van der Waals surface area contributed by atoms with Crippen molar-refractivity contribution >= 4 is 5.97 Å². The fraction of sp³-hybridized carbons (Fsp3) is 0.633. The Morgan fingerprint density at radius 2 is 1.67 bits per heavy atom. The van der Waals surface area contributed by atoms with Gasteiger partial charge in [-0.05, 0) is 53.2 Å². The predicted octanol–water partition coefficient (Wildman–Crippen LogP) is 8.71. The molecule has 0 aliphatic rings. The van der Waals surface area contributed by atoms with Gasteiger partial charge in [0.15, 0.2) is 0 Å². The molecule has 0 aromatic heterocycles. The van der Waals surface area contributed by atoms with Gasteiger partial charge >= 0.3 is 5.97 Å². The Morgan fingerprint density at radius 3 is 2.21 bits per heavy atom. The Labute approximate surface area is 203 Å². The molecule has 1 rings (SSSR count). The van der Waals surface area contributed by atoms with E-state index in [9.17, 15) is 4.79 Å². The molecule has 0 aliphatic carbocycles. The molecule has 33 heavy (non-hydrogen) atoms. The first-order chi connectivity index (χ1) is 15.3. The Morgan fingerprint density at radius 1 is 1.03 bits per heavy atom. The third-order valence-corrected chi connectivity index (χ3v) is 6.04. The van der Waals surface area contributed by atoms with E-state index in [4.69, 9.17) is 9.84 Å². The lowest BCUT2D eigenvalue weighted by atomic mass is 9.77. The smallest absolute Gasteiger partial charge is 0.328 e. The van der Waals surface area contributed by atoms with E-state index in [0.717, 1.165) is 30.8 Å². The van der Waals surface area contributed by atoms with Crippen molar-refractivity contribution in [3.05, 3.63) is 52.6 Å². The summed E-state index contributed by atoms with van der Waals surface area (Å²) in [6.07, 6.45) is 12.1. The predicted molar refractivity (Wildman–Crippen MR) is 142 cm³/mol. The average molecular weight is 457 g/mol. The first-order valence-electron chi connectivity index (χ1n) is 12.7. The Kier molecular flexibility index (Phi) is 11.4. The molecule has 0 spiro atoms. The highest BCUT2D eigenvalue weighted by Crippen LogP contribution is 2.42. The van der Waals surface area contributed by atoms with E-state index in [1.165, 1.54) is 48.4 Å². The number of ether oxygens (including phenoxy) is 1. The maximum Gasteiger partial charge on any atom is 0.328 e. The fourth-order valence-corrected chi connectivity index (χ4v) is 3.88. The van der Waals surface area contributed by atoms with E-state index >= 15 is 0 Å². The number of allylic oxidation sites excluding steroid dienone is 3. The third-order valence-electron chi connectivity index (χ3n) is 6.04. The van der Waals surface area contributed by atoms with Crippen LogP contribution in [-0.4, -0.2) is 17.7 Å². The van der Waals surface area contributed by atoms with E-state index in [2.05, 4.69) is 73.6 Å². The molecule has 0 saturated carbocycles. The number of benzene rings is 1. The Hall–Kier alpha value is -2.03. The summed E-state index contributed by atoms with van der Waals surface area (Å²) in [4.78, 5) is 10.9. The van der Waals surface area contributed by atoms with Gasteiger partial charge in [0.1, 0.15) is 5.75 Å². The lowest BCUT2D eigenvalue weighted by molar-refractivity contribution is -0.131. The third kappa shape index (κ3) is 10.2. The molecule has 1 unspecified atom stereocenters. The van der Waals surface area contributed by atoms with Gasteiger partial charge in [-0.3, -0.25) is 0 Å². The van der Waals surface area contributed by atoms with Crippen LogP contribution in [-0.2, 0) is 15.6 Å². The van der Waals surface area contributed by atoms with Crippen LogP contribution in [0.3, 0.4) is 0 Å². The van der Waals surface area contributed by atoms with Gasteiger partial charge in [0, 0.05) is 11.6 Å². The van der Waals surface area contributed by atoms with Crippen LogP contribution in [0.4, 0.5) is 0 Å². The molecule has 0 bridgehead atoms. The minimum atomic E-state index is -0.910. The van der Waals surface area contributed by atoms with Gasteiger partial charge in [-0.2, -0.15) is 0 Å². The van der Waals surface area contributed by atoms with E-state index in [1.54, 1.807) is 0 Å². The van der Waals surface area contributed by atoms with Crippen molar-refractivity contribution in [2.75, 3.05) is 6.61 Å². The van der Waals surface area contributed by atoms with Crippen LogP contribution in [0.1, 0.15) is 123 Å². The summed E-state index contributed by atoms with van der Waals surface area (Å²) in [5.74, 6) is 0.398. The van der Waals surface area contributed by atoms with Crippen molar-refractivity contribution in [1.29, 1.82) is 0 Å². The maximum atomic E-state index is 10.9. The molecule has 1 N–H and O–H groups in total. The summed E-state index contributed by atoms with van der Waals surface area (Å²) in [6.45, 7) is 20.6. The molecule has 0 amide bonds. The largest absolute Gasteiger partial charge is 0.493 e. The van der Waals surface area contributed by atoms with Gasteiger partial charge in [-0.25, -0.2) is 4.79 Å². The van der Waals surface area contributed by atoms with E-state index in [0.29, 0.717) is 0 Å². The summed E-state index contributed by atoms with van der Waals surface area (Å²) >= 11 is 0. The molecule has 3 nitrogen and oxygen atoms in total. The lowest BCUT2D eigenvalue weighted by Crippen LogP contribution is -2.20. The number of rotatable bonds is 12. The van der Waals surface area contributed by atoms with E-state index in [-0.39, 0.29) is 16.7 Å². The van der Waals surface area contributed by atoms with E-state index in [1.807, 2.05) is 13.0 Å². The molecular formula is C30H48O3. The number of aliphatic carboxylic acids is 1. The zero-order valence-electron chi connectivity index (χ0n) is 22.7. The monoisotopic (exact) mass is 456 g/mol. The molecule has 3 heteroatoms. The van der Waals surface area contributed by atoms with Crippen molar-refractivity contribution < 1.29 is 14.6 Å². The first-order valence-corrected chi connectivity index (χ1v) is 12.7.